The van der Waals surface area contributed by atoms with Gasteiger partial charge in [0, 0.05) is 18.5 Å². The first kappa shape index (κ1) is 15.6. The molecular formula is C20H19N3O2. The van der Waals surface area contributed by atoms with E-state index in [0.29, 0.717) is 31.1 Å². The van der Waals surface area contributed by atoms with Crippen LogP contribution >= 0.6 is 0 Å². The van der Waals surface area contributed by atoms with E-state index in [-0.39, 0.29) is 11.9 Å². The number of aromatic nitrogens is 2. The average molecular weight is 333 g/mol. The minimum Gasteiger partial charge on any atom is -0.337 e. The molecule has 4 rings (SSSR count). The molecule has 1 atom stereocenters. The second-order valence-corrected chi connectivity index (χ2v) is 6.33. The summed E-state index contributed by atoms with van der Waals surface area (Å²) < 4.78 is 5.52. The predicted molar refractivity (Wildman–Crippen MR) is 93.4 cm³/mol. The van der Waals surface area contributed by atoms with Gasteiger partial charge in [-0.2, -0.15) is 4.98 Å². The van der Waals surface area contributed by atoms with E-state index in [4.69, 9.17) is 4.52 Å². The van der Waals surface area contributed by atoms with Crippen molar-refractivity contribution in [2.45, 2.75) is 32.4 Å². The van der Waals surface area contributed by atoms with Gasteiger partial charge in [0.15, 0.2) is 0 Å². The van der Waals surface area contributed by atoms with Gasteiger partial charge in [-0.25, -0.2) is 0 Å². The molecule has 1 unspecified atom stereocenters. The summed E-state index contributed by atoms with van der Waals surface area (Å²) in [5.74, 6) is 1.22. The van der Waals surface area contributed by atoms with Crippen LogP contribution in [0.4, 0.5) is 0 Å². The molecule has 25 heavy (non-hydrogen) atoms. The van der Waals surface area contributed by atoms with E-state index >= 15 is 0 Å². The summed E-state index contributed by atoms with van der Waals surface area (Å²) in [6, 6.07) is 17.8. The number of nitrogens with zero attached hydrogens (tertiary/aromatic N) is 3. The maximum atomic E-state index is 12.3. The Labute approximate surface area is 146 Å². The summed E-state index contributed by atoms with van der Waals surface area (Å²) >= 11 is 0. The Balaban J connectivity index is 1.60. The Morgan fingerprint density at radius 2 is 1.88 bits per heavy atom. The second-order valence-electron chi connectivity index (χ2n) is 6.33. The van der Waals surface area contributed by atoms with Crippen molar-refractivity contribution < 1.29 is 9.32 Å². The third kappa shape index (κ3) is 3.05. The number of amides is 1. The molecular weight excluding hydrogens is 314 g/mol. The number of aryl methyl sites for hydroxylation is 1. The standard InChI is InChI=1S/C20H19N3O2/c1-14-7-5-6-10-16(14)19-21-20(25-22-19)17-11-12-18(24)23(17)13-15-8-3-2-4-9-15/h2-10,17H,11-13H2,1H3. The molecule has 3 aromatic rings. The lowest BCUT2D eigenvalue weighted by molar-refractivity contribution is -0.129. The fraction of sp³-hybridized carbons (Fsp3) is 0.250. The van der Waals surface area contributed by atoms with Crippen LogP contribution in [0.1, 0.15) is 35.9 Å². The number of hydrogen-bond donors (Lipinski definition) is 0. The minimum absolute atomic E-state index is 0.129. The highest BCUT2D eigenvalue weighted by molar-refractivity contribution is 5.78. The van der Waals surface area contributed by atoms with Gasteiger partial charge in [-0.3, -0.25) is 4.79 Å². The Kier molecular flexibility index (Phi) is 4.06. The Bertz CT molecular complexity index is 889. The molecule has 5 nitrogen and oxygen atoms in total. The van der Waals surface area contributed by atoms with Crippen molar-refractivity contribution in [3.05, 3.63) is 71.6 Å². The molecule has 0 saturated carbocycles. The van der Waals surface area contributed by atoms with Gasteiger partial charge in [-0.15, -0.1) is 0 Å². The second kappa shape index (κ2) is 6.51. The number of benzene rings is 2. The smallest absolute Gasteiger partial charge is 0.249 e. The first-order chi connectivity index (χ1) is 12.2. The van der Waals surface area contributed by atoms with E-state index in [2.05, 4.69) is 10.1 Å². The van der Waals surface area contributed by atoms with Crippen LogP contribution in [-0.4, -0.2) is 20.9 Å². The molecule has 2 heterocycles. The summed E-state index contributed by atoms with van der Waals surface area (Å²) in [5.41, 5.74) is 3.15. The van der Waals surface area contributed by atoms with Crippen LogP contribution in [-0.2, 0) is 11.3 Å². The fourth-order valence-electron chi connectivity index (χ4n) is 3.27. The van der Waals surface area contributed by atoms with Gasteiger partial charge in [0.2, 0.25) is 17.6 Å². The Hall–Kier alpha value is -2.95. The minimum atomic E-state index is -0.155. The van der Waals surface area contributed by atoms with Crippen LogP contribution in [0.25, 0.3) is 11.4 Å². The van der Waals surface area contributed by atoms with E-state index in [9.17, 15) is 4.79 Å². The van der Waals surface area contributed by atoms with Gasteiger partial charge in [-0.05, 0) is 24.5 Å². The molecule has 0 aliphatic carbocycles. The van der Waals surface area contributed by atoms with Crippen molar-refractivity contribution in [2.24, 2.45) is 0 Å². The SMILES string of the molecule is Cc1ccccc1-c1noc(C2CCC(=O)N2Cc2ccccc2)n1. The van der Waals surface area contributed by atoms with Crippen molar-refractivity contribution in [2.75, 3.05) is 0 Å². The molecule has 0 N–H and O–H groups in total. The molecule has 1 saturated heterocycles. The largest absolute Gasteiger partial charge is 0.337 e. The van der Waals surface area contributed by atoms with Crippen molar-refractivity contribution >= 4 is 5.91 Å². The summed E-state index contributed by atoms with van der Waals surface area (Å²) in [4.78, 5) is 18.7. The van der Waals surface area contributed by atoms with Crippen molar-refractivity contribution in [1.82, 2.24) is 15.0 Å². The highest BCUT2D eigenvalue weighted by atomic mass is 16.5. The summed E-state index contributed by atoms with van der Waals surface area (Å²) in [6.45, 7) is 2.58. The van der Waals surface area contributed by atoms with Gasteiger partial charge in [-0.1, -0.05) is 59.8 Å². The van der Waals surface area contributed by atoms with Crippen LogP contribution in [0.2, 0.25) is 0 Å². The third-order valence-corrected chi connectivity index (χ3v) is 4.64. The number of carbonyl (C=O) groups is 1. The lowest BCUT2D eigenvalue weighted by Crippen LogP contribution is -2.27. The molecule has 1 aromatic heterocycles. The summed E-state index contributed by atoms with van der Waals surface area (Å²) in [7, 11) is 0. The molecule has 1 aliphatic rings. The maximum absolute atomic E-state index is 12.3. The molecule has 126 valence electrons. The van der Waals surface area contributed by atoms with Crippen LogP contribution in [0.3, 0.4) is 0 Å². The highest BCUT2D eigenvalue weighted by Crippen LogP contribution is 2.34. The third-order valence-electron chi connectivity index (χ3n) is 4.64. The number of likely N-dealkylation sites (tertiary alicyclic amines) is 1. The Morgan fingerprint density at radius 1 is 1.12 bits per heavy atom. The highest BCUT2D eigenvalue weighted by Gasteiger charge is 2.36. The monoisotopic (exact) mass is 333 g/mol. The van der Waals surface area contributed by atoms with Gasteiger partial charge in [0.25, 0.3) is 0 Å². The topological polar surface area (TPSA) is 59.2 Å². The van der Waals surface area contributed by atoms with Crippen LogP contribution < -0.4 is 0 Å². The predicted octanol–water partition coefficient (Wildman–Crippen LogP) is 3.91. The first-order valence-electron chi connectivity index (χ1n) is 8.45. The van der Waals surface area contributed by atoms with Crippen molar-refractivity contribution in [1.29, 1.82) is 0 Å². The number of rotatable bonds is 4. The van der Waals surface area contributed by atoms with Crippen LogP contribution in [0, 0.1) is 6.92 Å². The first-order valence-corrected chi connectivity index (χ1v) is 8.45. The zero-order chi connectivity index (χ0) is 17.2. The van der Waals surface area contributed by atoms with Gasteiger partial charge >= 0.3 is 0 Å². The van der Waals surface area contributed by atoms with Gasteiger partial charge in [0.05, 0.1) is 0 Å². The fourth-order valence-corrected chi connectivity index (χ4v) is 3.27. The lowest BCUT2D eigenvalue weighted by atomic mass is 10.1. The van der Waals surface area contributed by atoms with Gasteiger partial charge in [0.1, 0.15) is 6.04 Å². The van der Waals surface area contributed by atoms with Gasteiger partial charge < -0.3 is 9.42 Å². The zero-order valence-corrected chi connectivity index (χ0v) is 14.1. The van der Waals surface area contributed by atoms with Crippen molar-refractivity contribution in [3.63, 3.8) is 0 Å². The number of carbonyl (C=O) groups excluding carboxylic acids is 1. The van der Waals surface area contributed by atoms with E-state index in [0.717, 1.165) is 16.7 Å². The van der Waals surface area contributed by atoms with E-state index in [1.165, 1.54) is 0 Å². The quantitative estimate of drug-likeness (QED) is 0.726. The zero-order valence-electron chi connectivity index (χ0n) is 14.1. The average Bonchev–Trinajstić information content (AvgIpc) is 3.24. The molecule has 1 fully saturated rings. The number of hydrogen-bond acceptors (Lipinski definition) is 4. The molecule has 0 spiro atoms. The molecule has 0 radical (unpaired) electrons. The molecule has 0 bridgehead atoms. The van der Waals surface area contributed by atoms with E-state index < -0.39 is 0 Å². The van der Waals surface area contributed by atoms with E-state index in [1.54, 1.807) is 0 Å². The molecule has 5 heteroatoms. The van der Waals surface area contributed by atoms with E-state index in [1.807, 2.05) is 66.4 Å². The van der Waals surface area contributed by atoms with Crippen LogP contribution in [0.15, 0.2) is 59.1 Å². The van der Waals surface area contributed by atoms with Crippen LogP contribution in [0.5, 0.6) is 0 Å². The lowest BCUT2D eigenvalue weighted by Gasteiger charge is -2.22. The molecule has 2 aromatic carbocycles. The summed E-state index contributed by atoms with van der Waals surface area (Å²) in [5, 5.41) is 4.13. The normalized spacial score (nSPS) is 17.2. The summed E-state index contributed by atoms with van der Waals surface area (Å²) in [6.07, 6.45) is 1.22. The molecule has 1 aliphatic heterocycles. The van der Waals surface area contributed by atoms with Crippen molar-refractivity contribution in [3.8, 4) is 11.4 Å². The molecule has 1 amide bonds. The maximum Gasteiger partial charge on any atom is 0.249 e. The Morgan fingerprint density at radius 3 is 2.68 bits per heavy atom.